The number of sulfone groups is 1. The molecule has 0 unspecified atom stereocenters. The summed E-state index contributed by atoms with van der Waals surface area (Å²) in [5.41, 5.74) is 0.892. The van der Waals surface area contributed by atoms with E-state index in [0.29, 0.717) is 25.7 Å². The molecule has 1 atom stereocenters. The van der Waals surface area contributed by atoms with E-state index >= 15 is 0 Å². The first kappa shape index (κ1) is 16.8. The van der Waals surface area contributed by atoms with Crippen LogP contribution in [-0.4, -0.2) is 31.1 Å². The highest BCUT2D eigenvalue weighted by Crippen LogP contribution is 2.31. The molecule has 130 valence electrons. The largest absolute Gasteiger partial charge is 0.346 e. The van der Waals surface area contributed by atoms with E-state index in [2.05, 4.69) is 30.8 Å². The van der Waals surface area contributed by atoms with Crippen molar-refractivity contribution in [2.75, 3.05) is 13.1 Å². The minimum Gasteiger partial charge on any atom is -0.346 e. The van der Waals surface area contributed by atoms with Crippen molar-refractivity contribution in [1.29, 1.82) is 0 Å². The van der Waals surface area contributed by atoms with Crippen LogP contribution in [0, 0.1) is 5.92 Å². The zero-order valence-electron chi connectivity index (χ0n) is 13.5. The van der Waals surface area contributed by atoms with Crippen LogP contribution in [0.3, 0.4) is 0 Å². The van der Waals surface area contributed by atoms with Gasteiger partial charge in [0.1, 0.15) is 4.60 Å². The molecular weight excluding hydrogens is 402 g/mol. The quantitative estimate of drug-likeness (QED) is 0.659. The average molecular weight is 420 g/mol. The van der Waals surface area contributed by atoms with Gasteiger partial charge in [-0.3, -0.25) is 0 Å². The third-order valence-corrected chi connectivity index (χ3v) is 6.89. The number of hydrogen-bond acceptors (Lipinski definition) is 4. The molecule has 1 aliphatic rings. The molecule has 3 heterocycles. The lowest BCUT2D eigenvalue weighted by Crippen LogP contribution is -2.14. The van der Waals surface area contributed by atoms with Crippen LogP contribution < -0.4 is 5.32 Å². The number of nitrogens with zero attached hydrogens (tertiary/aromatic N) is 2. The fraction of sp³-hybridized carbons (Fsp3) is 0.278. The Morgan fingerprint density at radius 3 is 2.80 bits per heavy atom. The molecule has 1 N–H and O–H groups in total. The summed E-state index contributed by atoms with van der Waals surface area (Å²) in [5.74, 6) is 0.509. The van der Waals surface area contributed by atoms with Gasteiger partial charge in [0.15, 0.2) is 0 Å². The minimum absolute atomic E-state index is 0.305. The van der Waals surface area contributed by atoms with E-state index in [0.717, 1.165) is 31.6 Å². The maximum absolute atomic E-state index is 13.1. The topological polar surface area (TPSA) is 64.0 Å². The van der Waals surface area contributed by atoms with Gasteiger partial charge in [-0.1, -0.05) is 18.2 Å². The van der Waals surface area contributed by atoms with E-state index in [1.54, 1.807) is 36.7 Å². The Morgan fingerprint density at radius 2 is 2.08 bits per heavy atom. The van der Waals surface area contributed by atoms with E-state index in [-0.39, 0.29) is 0 Å². The summed E-state index contributed by atoms with van der Waals surface area (Å²) in [5, 5.41) is 4.03. The van der Waals surface area contributed by atoms with Gasteiger partial charge in [-0.2, -0.15) is 0 Å². The molecule has 4 rings (SSSR count). The number of rotatable bonds is 4. The number of fused-ring (bicyclic) bond motifs is 1. The fourth-order valence-electron chi connectivity index (χ4n) is 3.37. The molecular formula is C18H18BrN3O2S. The van der Waals surface area contributed by atoms with Crippen molar-refractivity contribution in [2.45, 2.75) is 22.8 Å². The lowest BCUT2D eigenvalue weighted by atomic mass is 10.1. The van der Waals surface area contributed by atoms with Gasteiger partial charge >= 0.3 is 0 Å². The molecule has 0 radical (unpaired) electrons. The van der Waals surface area contributed by atoms with Crippen LogP contribution in [0.1, 0.15) is 6.42 Å². The SMILES string of the molecule is O=S(=O)(c1ccccc1)c1cn(C[C@H]2CCNC2)c2cc(Br)ncc12. The first-order chi connectivity index (χ1) is 12.1. The van der Waals surface area contributed by atoms with Crippen molar-refractivity contribution < 1.29 is 8.42 Å². The van der Waals surface area contributed by atoms with Crippen molar-refractivity contribution in [3.05, 3.63) is 53.4 Å². The molecule has 1 fully saturated rings. The molecule has 0 saturated carbocycles. The van der Waals surface area contributed by atoms with E-state index in [4.69, 9.17) is 0 Å². The predicted octanol–water partition coefficient (Wildman–Crippen LogP) is 3.24. The molecule has 3 aromatic rings. The Balaban J connectivity index is 1.87. The Morgan fingerprint density at radius 1 is 1.28 bits per heavy atom. The minimum atomic E-state index is -3.58. The van der Waals surface area contributed by atoms with Crippen LogP contribution >= 0.6 is 15.9 Å². The first-order valence-electron chi connectivity index (χ1n) is 8.21. The van der Waals surface area contributed by atoms with Crippen LogP contribution in [0.25, 0.3) is 10.9 Å². The van der Waals surface area contributed by atoms with E-state index in [1.807, 2.05) is 12.1 Å². The van der Waals surface area contributed by atoms with E-state index in [9.17, 15) is 8.42 Å². The molecule has 1 saturated heterocycles. The number of hydrogen-bond donors (Lipinski definition) is 1. The molecule has 1 aliphatic heterocycles. The highest BCUT2D eigenvalue weighted by molar-refractivity contribution is 9.10. The molecule has 2 aromatic heterocycles. The van der Waals surface area contributed by atoms with Crippen molar-refractivity contribution in [3.8, 4) is 0 Å². The fourth-order valence-corrected chi connectivity index (χ4v) is 5.17. The summed E-state index contributed by atoms with van der Waals surface area (Å²) in [7, 11) is -3.58. The summed E-state index contributed by atoms with van der Waals surface area (Å²) in [4.78, 5) is 4.87. The lowest BCUT2D eigenvalue weighted by Gasteiger charge is -2.10. The van der Waals surface area contributed by atoms with E-state index < -0.39 is 9.84 Å². The Kier molecular flexibility index (Phi) is 4.39. The molecule has 1 aromatic carbocycles. The number of benzene rings is 1. The summed E-state index contributed by atoms with van der Waals surface area (Å²) in [6.45, 7) is 2.78. The maximum Gasteiger partial charge on any atom is 0.208 e. The number of aromatic nitrogens is 2. The average Bonchev–Trinajstić information content (AvgIpc) is 3.24. The number of pyridine rings is 1. The molecule has 0 spiro atoms. The molecule has 0 aliphatic carbocycles. The highest BCUT2D eigenvalue weighted by Gasteiger charge is 2.25. The first-order valence-corrected chi connectivity index (χ1v) is 10.5. The Bertz CT molecular complexity index is 1010. The van der Waals surface area contributed by atoms with Crippen molar-refractivity contribution in [3.63, 3.8) is 0 Å². The van der Waals surface area contributed by atoms with Crippen molar-refractivity contribution in [1.82, 2.24) is 14.9 Å². The summed E-state index contributed by atoms with van der Waals surface area (Å²) >= 11 is 3.40. The summed E-state index contributed by atoms with van der Waals surface area (Å²) in [6, 6.07) is 10.4. The summed E-state index contributed by atoms with van der Waals surface area (Å²) in [6.07, 6.45) is 4.50. The molecule has 7 heteroatoms. The Hall–Kier alpha value is -1.70. The second-order valence-electron chi connectivity index (χ2n) is 6.35. The van der Waals surface area contributed by atoms with Crippen LogP contribution in [0.15, 0.2) is 63.2 Å². The van der Waals surface area contributed by atoms with Crippen molar-refractivity contribution >= 4 is 36.7 Å². The van der Waals surface area contributed by atoms with Crippen LogP contribution in [0.5, 0.6) is 0 Å². The van der Waals surface area contributed by atoms with Gasteiger partial charge in [0.2, 0.25) is 9.84 Å². The smallest absolute Gasteiger partial charge is 0.208 e. The highest BCUT2D eigenvalue weighted by atomic mass is 79.9. The van der Waals surface area contributed by atoms with Crippen LogP contribution in [0.4, 0.5) is 0 Å². The third-order valence-electron chi connectivity index (χ3n) is 4.66. The molecule has 0 bridgehead atoms. The monoisotopic (exact) mass is 419 g/mol. The van der Waals surface area contributed by atoms with Gasteiger partial charge in [-0.15, -0.1) is 0 Å². The zero-order valence-corrected chi connectivity index (χ0v) is 15.9. The molecule has 0 amide bonds. The third kappa shape index (κ3) is 3.12. The van der Waals surface area contributed by atoms with Gasteiger partial charge in [0.25, 0.3) is 0 Å². The van der Waals surface area contributed by atoms with Gasteiger partial charge in [-0.25, -0.2) is 13.4 Å². The van der Waals surface area contributed by atoms with Crippen LogP contribution in [-0.2, 0) is 16.4 Å². The van der Waals surface area contributed by atoms with Crippen LogP contribution in [0.2, 0.25) is 0 Å². The second-order valence-corrected chi connectivity index (χ2v) is 9.08. The van der Waals surface area contributed by atoms with Gasteiger partial charge in [0, 0.05) is 24.3 Å². The van der Waals surface area contributed by atoms with Gasteiger partial charge in [-0.05, 0) is 59.6 Å². The molecule has 25 heavy (non-hydrogen) atoms. The van der Waals surface area contributed by atoms with Gasteiger partial charge in [0.05, 0.1) is 15.3 Å². The standard InChI is InChI=1S/C18H18BrN3O2S/c19-18-8-16-15(10-21-18)17(12-22(16)11-13-6-7-20-9-13)25(23,24)14-4-2-1-3-5-14/h1-5,8,10,12-13,20H,6-7,9,11H2/t13-/m0/s1. The van der Waals surface area contributed by atoms with E-state index in [1.165, 1.54) is 0 Å². The maximum atomic E-state index is 13.1. The van der Waals surface area contributed by atoms with Gasteiger partial charge < -0.3 is 9.88 Å². The summed E-state index contributed by atoms with van der Waals surface area (Å²) < 4.78 is 29.0. The normalized spacial score (nSPS) is 18.0. The zero-order chi connectivity index (χ0) is 17.4. The number of halogens is 1. The second kappa shape index (κ2) is 6.55. The lowest BCUT2D eigenvalue weighted by molar-refractivity contribution is 0.489. The van der Waals surface area contributed by atoms with Crippen molar-refractivity contribution in [2.24, 2.45) is 5.92 Å². The molecule has 5 nitrogen and oxygen atoms in total. The Labute approximate surface area is 155 Å². The number of nitrogens with one attached hydrogen (secondary N) is 1. The predicted molar refractivity (Wildman–Crippen MR) is 100 cm³/mol.